The minimum absolute atomic E-state index is 0.0376. The van der Waals surface area contributed by atoms with E-state index in [0.29, 0.717) is 11.4 Å². The van der Waals surface area contributed by atoms with Crippen molar-refractivity contribution in [3.8, 4) is 0 Å². The molecule has 23 heavy (non-hydrogen) atoms. The number of hydrogen-bond acceptors (Lipinski definition) is 5. The number of rotatable bonds is 2. The van der Waals surface area contributed by atoms with E-state index in [1.54, 1.807) is 23.9 Å². The van der Waals surface area contributed by atoms with Crippen LogP contribution in [0.4, 0.5) is 5.82 Å². The number of nitrogens with zero attached hydrogens (tertiary/aromatic N) is 1. The Morgan fingerprint density at radius 2 is 2.00 bits per heavy atom. The van der Waals surface area contributed by atoms with Crippen LogP contribution >= 0.6 is 11.8 Å². The Hall–Kier alpha value is -2.28. The first-order chi connectivity index (χ1) is 11.0. The average molecular weight is 331 g/mol. The molecule has 7 heteroatoms. The number of fused-ring (bicyclic) bond motifs is 1. The summed E-state index contributed by atoms with van der Waals surface area (Å²) >= 11 is 1.56. The van der Waals surface area contributed by atoms with Gasteiger partial charge < -0.3 is 10.1 Å². The number of aromatic nitrogens is 2. The predicted octanol–water partition coefficient (Wildman–Crippen LogP) is 2.67. The van der Waals surface area contributed by atoms with Gasteiger partial charge in [-0.1, -0.05) is 12.1 Å². The molecule has 0 fully saturated rings. The van der Waals surface area contributed by atoms with Crippen molar-refractivity contribution in [2.45, 2.75) is 24.3 Å². The quantitative estimate of drug-likeness (QED) is 0.827. The van der Waals surface area contributed by atoms with E-state index < -0.39 is 0 Å². The fraction of sp³-hybridized carbons (Fsp3) is 0.312. The number of carbonyl (C=O) groups excluding carboxylic acids is 2. The highest BCUT2D eigenvalue weighted by molar-refractivity contribution is 8.01. The van der Waals surface area contributed by atoms with Gasteiger partial charge in [0.1, 0.15) is 0 Å². The summed E-state index contributed by atoms with van der Waals surface area (Å²) in [5.41, 5.74) is 3.40. The Morgan fingerprint density at radius 3 is 2.65 bits per heavy atom. The number of anilines is 1. The van der Waals surface area contributed by atoms with Crippen LogP contribution in [0.1, 0.15) is 39.4 Å². The van der Waals surface area contributed by atoms with Gasteiger partial charge in [-0.15, -0.1) is 11.8 Å². The van der Waals surface area contributed by atoms with E-state index in [9.17, 15) is 9.59 Å². The van der Waals surface area contributed by atoms with Crippen LogP contribution in [-0.2, 0) is 9.53 Å². The number of aryl methyl sites for hydroxylation is 1. The lowest BCUT2D eigenvalue weighted by atomic mass is 10.0. The normalized spacial score (nSPS) is 20.4. The van der Waals surface area contributed by atoms with Crippen LogP contribution < -0.4 is 5.32 Å². The van der Waals surface area contributed by atoms with Gasteiger partial charge in [-0.2, -0.15) is 5.10 Å². The molecule has 2 heterocycles. The fourth-order valence-electron chi connectivity index (χ4n) is 2.56. The Balaban J connectivity index is 2.02. The molecule has 2 unspecified atom stereocenters. The predicted molar refractivity (Wildman–Crippen MR) is 88.6 cm³/mol. The van der Waals surface area contributed by atoms with E-state index in [1.807, 2.05) is 26.0 Å². The van der Waals surface area contributed by atoms with Crippen molar-refractivity contribution in [1.29, 1.82) is 0 Å². The van der Waals surface area contributed by atoms with Crippen molar-refractivity contribution < 1.29 is 14.3 Å². The number of aromatic amines is 1. The van der Waals surface area contributed by atoms with Crippen LogP contribution in [0, 0.1) is 6.92 Å². The van der Waals surface area contributed by atoms with Gasteiger partial charge in [-0.3, -0.25) is 9.89 Å². The summed E-state index contributed by atoms with van der Waals surface area (Å²) in [4.78, 5) is 23.7. The van der Waals surface area contributed by atoms with Crippen molar-refractivity contribution in [2.75, 3.05) is 12.4 Å². The first-order valence-corrected chi connectivity index (χ1v) is 8.15. The summed E-state index contributed by atoms with van der Waals surface area (Å²) in [6.07, 6.45) is 0. The topological polar surface area (TPSA) is 84.1 Å². The molecule has 0 spiro atoms. The van der Waals surface area contributed by atoms with E-state index >= 15 is 0 Å². The Labute approximate surface area is 138 Å². The van der Waals surface area contributed by atoms with Crippen molar-refractivity contribution in [3.05, 3.63) is 46.6 Å². The molecule has 1 aliphatic rings. The average Bonchev–Trinajstić information content (AvgIpc) is 2.85. The number of hydrogen-bond donors (Lipinski definition) is 2. The standard InChI is InChI=1S/C16H17N3O3S/c1-8-12-13(10-4-6-11(7-5-10)16(21)22-3)23-9(2)15(20)17-14(12)19-18-8/h4-7,9,13H,1-3H3,(H2,17,18,19,20). The van der Waals surface area contributed by atoms with Gasteiger partial charge in [-0.05, 0) is 31.5 Å². The van der Waals surface area contributed by atoms with E-state index in [4.69, 9.17) is 4.74 Å². The smallest absolute Gasteiger partial charge is 0.337 e. The summed E-state index contributed by atoms with van der Waals surface area (Å²) < 4.78 is 4.72. The zero-order valence-corrected chi connectivity index (χ0v) is 13.9. The SMILES string of the molecule is COC(=O)c1ccc(C2SC(C)C(=O)Nc3n[nH]c(C)c32)cc1. The van der Waals surface area contributed by atoms with Gasteiger partial charge in [0.15, 0.2) is 5.82 Å². The number of methoxy groups -OCH3 is 1. The van der Waals surface area contributed by atoms with Gasteiger partial charge in [0.2, 0.25) is 5.91 Å². The number of H-pyrrole nitrogens is 1. The first-order valence-electron chi connectivity index (χ1n) is 7.20. The molecule has 0 radical (unpaired) electrons. The minimum Gasteiger partial charge on any atom is -0.465 e. The molecule has 6 nitrogen and oxygen atoms in total. The fourth-order valence-corrected chi connectivity index (χ4v) is 3.89. The summed E-state index contributed by atoms with van der Waals surface area (Å²) in [6.45, 7) is 3.81. The molecule has 1 aromatic carbocycles. The molecular formula is C16H17N3O3S. The minimum atomic E-state index is -0.365. The number of benzene rings is 1. The highest BCUT2D eigenvalue weighted by Gasteiger charge is 2.32. The van der Waals surface area contributed by atoms with Gasteiger partial charge in [-0.25, -0.2) is 4.79 Å². The first kappa shape index (κ1) is 15.6. The molecule has 0 aliphatic carbocycles. The molecule has 0 saturated heterocycles. The van der Waals surface area contributed by atoms with Gasteiger partial charge >= 0.3 is 5.97 Å². The third-order valence-electron chi connectivity index (χ3n) is 3.84. The third-order valence-corrected chi connectivity index (χ3v) is 5.24. The highest BCUT2D eigenvalue weighted by Crippen LogP contribution is 2.44. The molecule has 2 aromatic rings. The Bertz CT molecular complexity index is 754. The van der Waals surface area contributed by atoms with E-state index in [1.165, 1.54) is 7.11 Å². The molecule has 0 bridgehead atoms. The number of ether oxygens (including phenoxy) is 1. The molecule has 0 saturated carbocycles. The lowest BCUT2D eigenvalue weighted by Crippen LogP contribution is -2.21. The number of thioether (sulfide) groups is 1. The highest BCUT2D eigenvalue weighted by atomic mass is 32.2. The Kier molecular flexibility index (Phi) is 4.12. The summed E-state index contributed by atoms with van der Waals surface area (Å²) in [7, 11) is 1.36. The van der Waals surface area contributed by atoms with E-state index in [-0.39, 0.29) is 22.4 Å². The molecule has 3 rings (SSSR count). The molecule has 120 valence electrons. The number of carbonyl (C=O) groups is 2. The zero-order valence-electron chi connectivity index (χ0n) is 13.0. The van der Waals surface area contributed by atoms with Crippen LogP contribution in [0.5, 0.6) is 0 Å². The van der Waals surface area contributed by atoms with Gasteiger partial charge in [0.25, 0.3) is 0 Å². The Morgan fingerprint density at radius 1 is 1.30 bits per heavy atom. The lowest BCUT2D eigenvalue weighted by Gasteiger charge is -2.17. The third kappa shape index (κ3) is 2.84. The maximum Gasteiger partial charge on any atom is 0.337 e. The largest absolute Gasteiger partial charge is 0.465 e. The summed E-state index contributed by atoms with van der Waals surface area (Å²) in [5.74, 6) is 0.151. The van der Waals surface area contributed by atoms with Gasteiger partial charge in [0.05, 0.1) is 23.2 Å². The molecule has 1 amide bonds. The van der Waals surface area contributed by atoms with Crippen LogP contribution in [0.2, 0.25) is 0 Å². The molecule has 1 aromatic heterocycles. The van der Waals surface area contributed by atoms with Crippen molar-refractivity contribution in [1.82, 2.24) is 10.2 Å². The molecular weight excluding hydrogens is 314 g/mol. The van der Waals surface area contributed by atoms with Gasteiger partial charge in [0, 0.05) is 11.3 Å². The van der Waals surface area contributed by atoms with E-state index in [2.05, 4.69) is 15.5 Å². The van der Waals surface area contributed by atoms with Crippen LogP contribution in [0.15, 0.2) is 24.3 Å². The van der Waals surface area contributed by atoms with Crippen molar-refractivity contribution in [3.63, 3.8) is 0 Å². The maximum absolute atomic E-state index is 12.1. The van der Waals surface area contributed by atoms with E-state index in [0.717, 1.165) is 16.8 Å². The summed E-state index contributed by atoms with van der Waals surface area (Å²) in [5, 5.41) is 9.74. The van der Waals surface area contributed by atoms with Crippen LogP contribution in [-0.4, -0.2) is 34.4 Å². The number of amides is 1. The maximum atomic E-state index is 12.1. The number of nitrogens with one attached hydrogen (secondary N) is 2. The second-order valence-corrected chi connectivity index (χ2v) is 6.82. The zero-order chi connectivity index (χ0) is 16.6. The summed E-state index contributed by atoms with van der Waals surface area (Å²) in [6, 6.07) is 7.26. The second-order valence-electron chi connectivity index (χ2n) is 5.37. The number of esters is 1. The van der Waals surface area contributed by atoms with Crippen molar-refractivity contribution in [2.24, 2.45) is 0 Å². The van der Waals surface area contributed by atoms with Crippen molar-refractivity contribution >= 4 is 29.5 Å². The van der Waals surface area contributed by atoms with Crippen LogP contribution in [0.3, 0.4) is 0 Å². The lowest BCUT2D eigenvalue weighted by molar-refractivity contribution is -0.115. The monoisotopic (exact) mass is 331 g/mol. The molecule has 2 N–H and O–H groups in total. The second kappa shape index (κ2) is 6.08. The molecule has 1 aliphatic heterocycles. The molecule has 2 atom stereocenters. The van der Waals surface area contributed by atoms with Crippen LogP contribution in [0.25, 0.3) is 0 Å².